The fourth-order valence-corrected chi connectivity index (χ4v) is 5.21. The number of nitrogens with one attached hydrogen (secondary N) is 1. The van der Waals surface area contributed by atoms with Gasteiger partial charge in [-0.1, -0.05) is 16.5 Å². The van der Waals surface area contributed by atoms with Gasteiger partial charge in [-0.05, 0) is 39.0 Å². The molecule has 0 aliphatic carbocycles. The van der Waals surface area contributed by atoms with Crippen molar-refractivity contribution in [1.82, 2.24) is 9.72 Å². The number of amides is 2. The topological polar surface area (TPSA) is 142 Å². The summed E-state index contributed by atoms with van der Waals surface area (Å²) in [5, 5.41) is 5.89. The molecule has 184 valence electrons. The number of anilines is 1. The van der Waals surface area contributed by atoms with E-state index < -0.39 is 33.2 Å². The lowest BCUT2D eigenvalue weighted by atomic mass is 10.3. The molecule has 3 aromatic rings. The largest absolute Gasteiger partial charge is 0.494 e. The van der Waals surface area contributed by atoms with Crippen LogP contribution in [0.2, 0.25) is 0 Å². The van der Waals surface area contributed by atoms with Gasteiger partial charge >= 0.3 is 0 Å². The molecular formula is C21H26N4O7S2. The lowest BCUT2D eigenvalue weighted by Gasteiger charge is -2.06. The van der Waals surface area contributed by atoms with Gasteiger partial charge in [0.25, 0.3) is 5.91 Å². The molecule has 0 atom stereocenters. The van der Waals surface area contributed by atoms with Gasteiger partial charge in [-0.15, -0.1) is 0 Å². The molecule has 0 spiro atoms. The Morgan fingerprint density at radius 1 is 1.21 bits per heavy atom. The molecule has 2 heterocycles. The maximum absolute atomic E-state index is 12.5. The summed E-state index contributed by atoms with van der Waals surface area (Å²) in [6.07, 6.45) is 0. The highest BCUT2D eigenvalue weighted by molar-refractivity contribution is 7.92. The predicted molar refractivity (Wildman–Crippen MR) is 127 cm³/mol. The van der Waals surface area contributed by atoms with Crippen molar-refractivity contribution in [2.24, 2.45) is 4.99 Å². The number of nitrogens with zero attached hydrogens (tertiary/aromatic N) is 3. The van der Waals surface area contributed by atoms with Crippen LogP contribution in [0.4, 0.5) is 5.82 Å². The summed E-state index contributed by atoms with van der Waals surface area (Å²) >= 11 is 1.24. The number of thiazole rings is 1. The Labute approximate surface area is 200 Å². The summed E-state index contributed by atoms with van der Waals surface area (Å²) in [7, 11) is -4.05. The maximum Gasteiger partial charge on any atom is 0.263 e. The number of ether oxygens (including phenoxy) is 2. The zero-order chi connectivity index (χ0) is 24.7. The molecule has 2 amide bonds. The van der Waals surface area contributed by atoms with Crippen LogP contribution < -0.4 is 14.9 Å². The lowest BCUT2D eigenvalue weighted by Crippen LogP contribution is -2.28. The van der Waals surface area contributed by atoms with Crippen molar-refractivity contribution in [2.75, 3.05) is 36.6 Å². The third-order valence-electron chi connectivity index (χ3n) is 4.44. The van der Waals surface area contributed by atoms with Crippen molar-refractivity contribution in [3.05, 3.63) is 34.8 Å². The molecule has 0 fully saturated rings. The van der Waals surface area contributed by atoms with Crippen LogP contribution in [0.25, 0.3) is 10.2 Å². The number of fused-ring (bicyclic) bond motifs is 1. The van der Waals surface area contributed by atoms with Gasteiger partial charge < -0.3 is 23.9 Å². The summed E-state index contributed by atoms with van der Waals surface area (Å²) in [4.78, 5) is 28.9. The second-order valence-electron chi connectivity index (χ2n) is 7.20. The van der Waals surface area contributed by atoms with Crippen LogP contribution in [-0.4, -0.2) is 61.3 Å². The first-order valence-corrected chi connectivity index (χ1v) is 13.2. The van der Waals surface area contributed by atoms with E-state index in [0.717, 1.165) is 10.2 Å². The molecule has 34 heavy (non-hydrogen) atoms. The van der Waals surface area contributed by atoms with Gasteiger partial charge in [0.15, 0.2) is 20.5 Å². The summed E-state index contributed by atoms with van der Waals surface area (Å²) in [5.74, 6) is -2.23. The number of rotatable bonds is 11. The van der Waals surface area contributed by atoms with Crippen LogP contribution in [0.5, 0.6) is 5.75 Å². The quantitative estimate of drug-likeness (QED) is 0.386. The smallest absolute Gasteiger partial charge is 0.263 e. The van der Waals surface area contributed by atoms with Crippen molar-refractivity contribution < 1.29 is 32.0 Å². The Balaban J connectivity index is 1.79. The van der Waals surface area contributed by atoms with Gasteiger partial charge in [0.2, 0.25) is 5.91 Å². The molecule has 0 unspecified atom stereocenters. The number of benzene rings is 1. The molecule has 0 saturated heterocycles. The summed E-state index contributed by atoms with van der Waals surface area (Å²) in [5.41, 5.74) is 0.824. The minimum Gasteiger partial charge on any atom is -0.494 e. The van der Waals surface area contributed by atoms with Crippen molar-refractivity contribution in [3.63, 3.8) is 0 Å². The predicted octanol–water partition coefficient (Wildman–Crippen LogP) is 1.92. The number of carbonyl (C=O) groups is 2. The lowest BCUT2D eigenvalue weighted by molar-refractivity contribution is -0.115. The fourth-order valence-electron chi connectivity index (χ4n) is 3.09. The Morgan fingerprint density at radius 2 is 2.00 bits per heavy atom. The van der Waals surface area contributed by atoms with Crippen LogP contribution >= 0.6 is 11.3 Å². The normalized spacial score (nSPS) is 12.3. The van der Waals surface area contributed by atoms with Crippen molar-refractivity contribution in [3.8, 4) is 5.75 Å². The highest BCUT2D eigenvalue weighted by atomic mass is 32.2. The van der Waals surface area contributed by atoms with Gasteiger partial charge in [-0.25, -0.2) is 8.42 Å². The first-order valence-electron chi connectivity index (χ1n) is 10.6. The first-order chi connectivity index (χ1) is 16.2. The Hall–Kier alpha value is -3.03. The average molecular weight is 511 g/mol. The van der Waals surface area contributed by atoms with Gasteiger partial charge in [-0.2, -0.15) is 4.99 Å². The average Bonchev–Trinajstić information content (AvgIpc) is 3.29. The molecule has 2 aromatic heterocycles. The number of hydrogen-bond acceptors (Lipinski definition) is 9. The molecule has 0 saturated carbocycles. The number of aryl methyl sites for hydroxylation is 1. The van der Waals surface area contributed by atoms with E-state index in [4.69, 9.17) is 14.0 Å². The second-order valence-corrected chi connectivity index (χ2v) is 10.3. The van der Waals surface area contributed by atoms with Gasteiger partial charge in [0.1, 0.15) is 23.0 Å². The second kappa shape index (κ2) is 11.4. The molecule has 0 aliphatic rings. The van der Waals surface area contributed by atoms with Crippen LogP contribution in [-0.2, 0) is 30.7 Å². The van der Waals surface area contributed by atoms with E-state index in [1.54, 1.807) is 11.5 Å². The molecule has 0 aliphatic heterocycles. The first kappa shape index (κ1) is 25.6. The zero-order valence-corrected chi connectivity index (χ0v) is 20.7. The minimum atomic E-state index is -4.05. The van der Waals surface area contributed by atoms with E-state index in [0.29, 0.717) is 42.7 Å². The number of carbonyl (C=O) groups excluding carboxylic acids is 2. The molecule has 1 aromatic carbocycles. The molecule has 13 heteroatoms. The number of hydrogen-bond donors (Lipinski definition) is 1. The fraction of sp³-hybridized carbons (Fsp3) is 0.429. The van der Waals surface area contributed by atoms with E-state index in [9.17, 15) is 18.0 Å². The minimum absolute atomic E-state index is 0.0979. The number of aromatic nitrogens is 2. The van der Waals surface area contributed by atoms with E-state index >= 15 is 0 Å². The molecule has 1 N–H and O–H groups in total. The van der Waals surface area contributed by atoms with Gasteiger partial charge in [-0.3, -0.25) is 9.59 Å². The van der Waals surface area contributed by atoms with E-state index in [1.807, 2.05) is 32.0 Å². The van der Waals surface area contributed by atoms with E-state index in [2.05, 4.69) is 15.5 Å². The Kier molecular flexibility index (Phi) is 8.58. The molecule has 0 radical (unpaired) electrons. The van der Waals surface area contributed by atoms with Crippen LogP contribution in [0.3, 0.4) is 0 Å². The van der Waals surface area contributed by atoms with Crippen molar-refractivity contribution >= 4 is 49.0 Å². The molecular weight excluding hydrogens is 484 g/mol. The third kappa shape index (κ3) is 6.98. The Bertz CT molecular complexity index is 1340. The maximum atomic E-state index is 12.5. The highest BCUT2D eigenvalue weighted by Crippen LogP contribution is 2.23. The Morgan fingerprint density at radius 3 is 2.68 bits per heavy atom. The monoisotopic (exact) mass is 510 g/mol. The molecule has 0 bridgehead atoms. The number of sulfone groups is 1. The van der Waals surface area contributed by atoms with Crippen LogP contribution in [0.15, 0.2) is 33.8 Å². The standard InChI is InChI=1S/C21H26N4O7S2/c1-4-30-9-8-25-16-7-6-15(31-5-2)11-17(16)33-21(25)23-20(27)13-34(28,29)12-19(26)22-18-10-14(3)32-24-18/h6-7,10-11H,4-5,8-9,12-13H2,1-3H3,(H,22,24,26). The molecule has 11 nitrogen and oxygen atoms in total. The summed E-state index contributed by atoms with van der Waals surface area (Å²) < 4.78 is 43.2. The van der Waals surface area contributed by atoms with Gasteiger partial charge in [0, 0.05) is 19.2 Å². The SMILES string of the molecule is CCOCCn1c(=NC(=O)CS(=O)(=O)CC(=O)Nc2cc(C)on2)sc2cc(OCC)ccc21. The van der Waals surface area contributed by atoms with Crippen molar-refractivity contribution in [1.29, 1.82) is 0 Å². The van der Waals surface area contributed by atoms with Crippen LogP contribution in [0.1, 0.15) is 19.6 Å². The third-order valence-corrected chi connectivity index (χ3v) is 6.87. The summed E-state index contributed by atoms with van der Waals surface area (Å²) in [6.45, 7) is 7.27. The van der Waals surface area contributed by atoms with E-state index in [-0.39, 0.29) is 5.82 Å². The highest BCUT2D eigenvalue weighted by Gasteiger charge is 2.22. The molecule has 3 rings (SSSR count). The van der Waals surface area contributed by atoms with Gasteiger partial charge in [0.05, 0.1) is 23.4 Å². The zero-order valence-electron chi connectivity index (χ0n) is 19.1. The van der Waals surface area contributed by atoms with E-state index in [1.165, 1.54) is 17.4 Å². The summed E-state index contributed by atoms with van der Waals surface area (Å²) in [6, 6.07) is 6.97. The van der Waals surface area contributed by atoms with Crippen LogP contribution in [0, 0.1) is 6.92 Å². The van der Waals surface area contributed by atoms with Crippen molar-refractivity contribution in [2.45, 2.75) is 27.3 Å².